The van der Waals surface area contributed by atoms with Crippen molar-refractivity contribution in [3.05, 3.63) is 34.4 Å². The minimum Gasteiger partial charge on any atom is -0.387 e. The largest absolute Gasteiger partial charge is 0.387 e. The Morgan fingerprint density at radius 3 is 1.82 bits per heavy atom. The maximum absolute atomic E-state index is 10.1. The first kappa shape index (κ1) is 14.2. The maximum Gasteiger partial charge on any atom is 0.0943 e. The molecule has 0 spiro atoms. The zero-order valence-corrected chi connectivity index (χ0v) is 11.8. The number of hydrogen-bond donors (Lipinski definition) is 2. The number of benzene rings is 1. The molecule has 2 nitrogen and oxygen atoms in total. The molecule has 0 saturated heterocycles. The van der Waals surface area contributed by atoms with E-state index in [1.165, 1.54) is 5.56 Å². The normalized spacial score (nSPS) is 15.8. The average molecular weight is 235 g/mol. The van der Waals surface area contributed by atoms with E-state index in [1.807, 2.05) is 20.8 Å². The minimum atomic E-state index is -0.580. The Labute approximate surface area is 105 Å². The maximum atomic E-state index is 10.1. The lowest BCUT2D eigenvalue weighted by molar-refractivity contribution is 0.152. The lowest BCUT2D eigenvalue weighted by Crippen LogP contribution is -2.26. The van der Waals surface area contributed by atoms with Crippen LogP contribution in [0, 0.1) is 13.8 Å². The molecule has 0 heterocycles. The highest BCUT2D eigenvalue weighted by molar-refractivity contribution is 5.42. The molecule has 0 aromatic heterocycles. The third-order valence-corrected chi connectivity index (χ3v) is 3.25. The van der Waals surface area contributed by atoms with E-state index in [2.05, 4.69) is 32.9 Å². The number of aryl methyl sites for hydroxylation is 2. The molecule has 0 saturated carbocycles. The van der Waals surface area contributed by atoms with E-state index in [0.717, 1.165) is 16.7 Å². The summed E-state index contributed by atoms with van der Waals surface area (Å²) in [6.07, 6.45) is -0.580. The molecule has 0 aliphatic carbocycles. The Bertz CT molecular complexity index is 379. The number of hydrogen-bond acceptors (Lipinski definition) is 2. The fraction of sp³-hybridized carbons (Fsp3) is 0.600. The minimum absolute atomic E-state index is 0.132. The highest BCUT2D eigenvalue weighted by Crippen LogP contribution is 2.30. The van der Waals surface area contributed by atoms with Crippen molar-refractivity contribution in [2.45, 2.75) is 59.1 Å². The molecule has 0 aliphatic rings. The molecule has 2 unspecified atom stereocenters. The molecule has 1 aromatic carbocycles. The Morgan fingerprint density at radius 1 is 1.12 bits per heavy atom. The van der Waals surface area contributed by atoms with Crippen LogP contribution in [-0.4, -0.2) is 11.1 Å². The van der Waals surface area contributed by atoms with Gasteiger partial charge in [0.05, 0.1) is 6.10 Å². The highest BCUT2D eigenvalue weighted by atomic mass is 16.3. The van der Waals surface area contributed by atoms with Gasteiger partial charge in [-0.3, -0.25) is 0 Å². The van der Waals surface area contributed by atoms with E-state index < -0.39 is 6.10 Å². The van der Waals surface area contributed by atoms with Crippen molar-refractivity contribution in [2.75, 3.05) is 0 Å². The van der Waals surface area contributed by atoms with E-state index in [9.17, 15) is 5.11 Å². The van der Waals surface area contributed by atoms with Crippen LogP contribution in [0.5, 0.6) is 0 Å². The molecule has 3 N–H and O–H groups in total. The van der Waals surface area contributed by atoms with Gasteiger partial charge in [0.2, 0.25) is 0 Å². The van der Waals surface area contributed by atoms with Crippen LogP contribution >= 0.6 is 0 Å². The molecule has 2 atom stereocenters. The number of nitrogens with two attached hydrogens (primary N) is 1. The van der Waals surface area contributed by atoms with Crippen LogP contribution in [0.1, 0.15) is 56.1 Å². The summed E-state index contributed by atoms with van der Waals surface area (Å²) in [6, 6.07) is 4.08. The zero-order chi connectivity index (χ0) is 13.4. The topological polar surface area (TPSA) is 46.2 Å². The van der Waals surface area contributed by atoms with Crippen molar-refractivity contribution in [1.82, 2.24) is 0 Å². The van der Waals surface area contributed by atoms with Gasteiger partial charge in [0.15, 0.2) is 0 Å². The molecule has 0 radical (unpaired) electrons. The first-order valence-corrected chi connectivity index (χ1v) is 6.20. The van der Waals surface area contributed by atoms with Crippen molar-refractivity contribution >= 4 is 0 Å². The first-order chi connectivity index (χ1) is 7.64. The summed E-state index contributed by atoms with van der Waals surface area (Å²) in [5, 5.41) is 10.1. The predicted octanol–water partition coefficient (Wildman–Crippen LogP) is 2.98. The van der Waals surface area contributed by atoms with Crippen LogP contribution in [0.25, 0.3) is 0 Å². The monoisotopic (exact) mass is 235 g/mol. The van der Waals surface area contributed by atoms with Gasteiger partial charge in [-0.05, 0) is 48.4 Å². The summed E-state index contributed by atoms with van der Waals surface area (Å²) in [5.74, 6) is 0. The van der Waals surface area contributed by atoms with Crippen LogP contribution in [0.15, 0.2) is 12.1 Å². The van der Waals surface area contributed by atoms with Crippen LogP contribution < -0.4 is 5.73 Å². The Hall–Kier alpha value is -0.860. The zero-order valence-electron chi connectivity index (χ0n) is 11.8. The summed E-state index contributed by atoms with van der Waals surface area (Å²) >= 11 is 0. The van der Waals surface area contributed by atoms with Crippen molar-refractivity contribution in [3.63, 3.8) is 0 Å². The third kappa shape index (κ3) is 3.08. The Kier molecular flexibility index (Phi) is 4.00. The fourth-order valence-corrected chi connectivity index (χ4v) is 2.14. The van der Waals surface area contributed by atoms with E-state index in [0.29, 0.717) is 0 Å². The standard InChI is InChI=1S/C15H25NO/c1-9-7-12(15(4,5)6)8-10(2)13(9)14(17)11(3)16/h7-8,11,14,17H,16H2,1-6H3. The molecule has 0 amide bonds. The lowest BCUT2D eigenvalue weighted by Gasteiger charge is -2.25. The van der Waals surface area contributed by atoms with E-state index in [-0.39, 0.29) is 11.5 Å². The van der Waals surface area contributed by atoms with Crippen LogP contribution in [-0.2, 0) is 5.41 Å². The number of aliphatic hydroxyl groups excluding tert-OH is 1. The predicted molar refractivity (Wildman–Crippen MR) is 73.2 cm³/mol. The molecule has 1 aromatic rings. The molecule has 0 fully saturated rings. The molecule has 0 bridgehead atoms. The van der Waals surface area contributed by atoms with Crippen LogP contribution in [0.4, 0.5) is 0 Å². The lowest BCUT2D eigenvalue weighted by atomic mass is 9.82. The summed E-state index contributed by atoms with van der Waals surface area (Å²) in [5.41, 5.74) is 10.4. The van der Waals surface area contributed by atoms with Crippen LogP contribution in [0.2, 0.25) is 0 Å². The molecular weight excluding hydrogens is 210 g/mol. The van der Waals surface area contributed by atoms with Crippen molar-refractivity contribution in [2.24, 2.45) is 5.73 Å². The van der Waals surface area contributed by atoms with Crippen LogP contribution in [0.3, 0.4) is 0 Å². The van der Waals surface area contributed by atoms with Crippen molar-refractivity contribution < 1.29 is 5.11 Å². The summed E-state index contributed by atoms with van der Waals surface area (Å²) < 4.78 is 0. The van der Waals surface area contributed by atoms with Gasteiger partial charge in [0.25, 0.3) is 0 Å². The van der Waals surface area contributed by atoms with Crippen molar-refractivity contribution in [1.29, 1.82) is 0 Å². The number of aliphatic hydroxyl groups is 1. The van der Waals surface area contributed by atoms with Gasteiger partial charge in [-0.2, -0.15) is 0 Å². The molecule has 1 rings (SSSR count). The second-order valence-electron chi connectivity index (χ2n) is 6.08. The second kappa shape index (κ2) is 4.79. The van der Waals surface area contributed by atoms with Crippen molar-refractivity contribution in [3.8, 4) is 0 Å². The Morgan fingerprint density at radius 2 is 1.53 bits per heavy atom. The fourth-order valence-electron chi connectivity index (χ4n) is 2.14. The summed E-state index contributed by atoms with van der Waals surface area (Å²) in [6.45, 7) is 12.5. The van der Waals surface area contributed by atoms with E-state index >= 15 is 0 Å². The number of rotatable bonds is 2. The first-order valence-electron chi connectivity index (χ1n) is 6.20. The average Bonchev–Trinajstić information content (AvgIpc) is 2.14. The van der Waals surface area contributed by atoms with Gasteiger partial charge in [-0.15, -0.1) is 0 Å². The smallest absolute Gasteiger partial charge is 0.0943 e. The Balaban J connectivity index is 3.29. The van der Waals surface area contributed by atoms with Gasteiger partial charge in [-0.1, -0.05) is 32.9 Å². The molecule has 96 valence electrons. The van der Waals surface area contributed by atoms with Gasteiger partial charge in [-0.25, -0.2) is 0 Å². The molecular formula is C15H25NO. The highest BCUT2D eigenvalue weighted by Gasteiger charge is 2.21. The van der Waals surface area contributed by atoms with Gasteiger partial charge >= 0.3 is 0 Å². The summed E-state index contributed by atoms with van der Waals surface area (Å²) in [7, 11) is 0. The van der Waals surface area contributed by atoms with E-state index in [1.54, 1.807) is 0 Å². The van der Waals surface area contributed by atoms with Gasteiger partial charge in [0, 0.05) is 6.04 Å². The van der Waals surface area contributed by atoms with E-state index in [4.69, 9.17) is 5.73 Å². The third-order valence-electron chi connectivity index (χ3n) is 3.25. The SMILES string of the molecule is Cc1cc(C(C)(C)C)cc(C)c1C(O)C(C)N. The molecule has 0 aliphatic heterocycles. The van der Waals surface area contributed by atoms with Gasteiger partial charge < -0.3 is 10.8 Å². The molecule has 17 heavy (non-hydrogen) atoms. The van der Waals surface area contributed by atoms with Gasteiger partial charge in [0.1, 0.15) is 0 Å². The molecule has 2 heteroatoms. The second-order valence-corrected chi connectivity index (χ2v) is 6.08. The summed E-state index contributed by atoms with van der Waals surface area (Å²) in [4.78, 5) is 0. The quantitative estimate of drug-likeness (QED) is 0.828.